The molecule has 2 heteroatoms. The Morgan fingerprint density at radius 3 is 2.73 bits per heavy atom. The third kappa shape index (κ3) is 3.33. The van der Waals surface area contributed by atoms with Crippen molar-refractivity contribution in [3.63, 3.8) is 0 Å². The molecule has 2 N–H and O–H groups in total. The molecule has 2 nitrogen and oxygen atoms in total. The summed E-state index contributed by atoms with van der Waals surface area (Å²) in [6, 6.07) is 0. The van der Waals surface area contributed by atoms with Crippen LogP contribution in [-0.2, 0) is 0 Å². The molecule has 0 bridgehead atoms. The zero-order valence-corrected chi connectivity index (χ0v) is 14.8. The molecule has 0 aromatic rings. The lowest BCUT2D eigenvalue weighted by atomic mass is 9.63. The van der Waals surface area contributed by atoms with Crippen molar-refractivity contribution in [1.82, 2.24) is 0 Å². The summed E-state index contributed by atoms with van der Waals surface area (Å²) in [7, 11) is 0. The minimum atomic E-state index is -0.642. The minimum Gasteiger partial charge on any atom is -0.393 e. The first-order chi connectivity index (χ1) is 10.4. The Kier molecular flexibility index (Phi) is 5.55. The van der Waals surface area contributed by atoms with Gasteiger partial charge in [-0.2, -0.15) is 0 Å². The van der Waals surface area contributed by atoms with E-state index in [2.05, 4.69) is 26.0 Å². The van der Waals surface area contributed by atoms with Gasteiger partial charge < -0.3 is 10.2 Å². The highest BCUT2D eigenvalue weighted by molar-refractivity contribution is 5.26. The number of hydrogen-bond donors (Lipinski definition) is 2. The van der Waals surface area contributed by atoms with Crippen molar-refractivity contribution in [1.29, 1.82) is 0 Å². The largest absolute Gasteiger partial charge is 0.393 e. The van der Waals surface area contributed by atoms with Crippen LogP contribution >= 0.6 is 0 Å². The van der Waals surface area contributed by atoms with Gasteiger partial charge in [-0.3, -0.25) is 0 Å². The summed E-state index contributed by atoms with van der Waals surface area (Å²) < 4.78 is 0. The molecule has 2 aliphatic rings. The van der Waals surface area contributed by atoms with Gasteiger partial charge in [0.1, 0.15) is 0 Å². The molecule has 2 rings (SSSR count). The molecule has 0 heterocycles. The lowest BCUT2D eigenvalue weighted by Crippen LogP contribution is -2.39. The van der Waals surface area contributed by atoms with Gasteiger partial charge in [0, 0.05) is 0 Å². The Labute approximate surface area is 136 Å². The average molecular weight is 306 g/mol. The second-order valence-corrected chi connectivity index (χ2v) is 7.73. The lowest BCUT2D eigenvalue weighted by molar-refractivity contribution is 0.00804. The normalized spacial score (nSPS) is 33.8. The molecule has 0 aromatic heterocycles. The first kappa shape index (κ1) is 17.7. The summed E-state index contributed by atoms with van der Waals surface area (Å²) >= 11 is 0. The highest BCUT2D eigenvalue weighted by atomic mass is 16.3. The van der Waals surface area contributed by atoms with Crippen LogP contribution in [0.2, 0.25) is 0 Å². The number of fused-ring (bicyclic) bond motifs is 1. The zero-order chi connectivity index (χ0) is 16.4. The third-order valence-corrected chi connectivity index (χ3v) is 6.40. The standard InChI is InChI=1S/C20H34O2/c1-5-20(22,6-2)14-7-9-15(3)16-11-12-17-18(21)10-8-13-19(16,17)4/h7,11,14-15,17-18,21-22H,5-6,8-10,12-13H2,1-4H3/t15-,17?,18?,19?/m0/s1. The van der Waals surface area contributed by atoms with Crippen LogP contribution in [0.3, 0.4) is 0 Å². The number of allylic oxidation sites excluding steroid dienone is 3. The molecule has 0 aliphatic heterocycles. The maximum Gasteiger partial charge on any atom is 0.0822 e. The van der Waals surface area contributed by atoms with E-state index in [9.17, 15) is 10.2 Å². The predicted octanol–water partition coefficient (Wildman–Crippen LogP) is 4.62. The van der Waals surface area contributed by atoms with Crippen molar-refractivity contribution in [2.75, 3.05) is 0 Å². The molecule has 1 fully saturated rings. The molecule has 2 aliphatic carbocycles. The number of rotatable bonds is 6. The van der Waals surface area contributed by atoms with Crippen molar-refractivity contribution in [2.45, 2.75) is 84.3 Å². The van der Waals surface area contributed by atoms with E-state index in [4.69, 9.17) is 0 Å². The highest BCUT2D eigenvalue weighted by Gasteiger charge is 2.47. The smallest absolute Gasteiger partial charge is 0.0822 e. The molecule has 0 amide bonds. The Balaban J connectivity index is 2.01. The van der Waals surface area contributed by atoms with Crippen LogP contribution in [0.4, 0.5) is 0 Å². The van der Waals surface area contributed by atoms with E-state index in [-0.39, 0.29) is 11.5 Å². The van der Waals surface area contributed by atoms with Gasteiger partial charge in [-0.25, -0.2) is 0 Å². The molecular formula is C20H34O2. The molecule has 0 spiro atoms. The molecule has 3 unspecified atom stereocenters. The molecule has 1 saturated carbocycles. The summed E-state index contributed by atoms with van der Waals surface area (Å²) in [5.41, 5.74) is 1.09. The van der Waals surface area contributed by atoms with Gasteiger partial charge in [0.2, 0.25) is 0 Å². The summed E-state index contributed by atoms with van der Waals surface area (Å²) in [4.78, 5) is 0. The summed E-state index contributed by atoms with van der Waals surface area (Å²) in [5, 5.41) is 20.7. The summed E-state index contributed by atoms with van der Waals surface area (Å²) in [5.74, 6) is 0.917. The summed E-state index contributed by atoms with van der Waals surface area (Å²) in [6.07, 6.45) is 13.3. The molecule has 0 aromatic carbocycles. The van der Waals surface area contributed by atoms with Crippen LogP contribution in [-0.4, -0.2) is 21.9 Å². The van der Waals surface area contributed by atoms with Crippen LogP contribution in [0.15, 0.2) is 23.8 Å². The maximum absolute atomic E-state index is 10.3. The van der Waals surface area contributed by atoms with E-state index in [1.807, 2.05) is 19.9 Å². The second kappa shape index (κ2) is 6.88. The van der Waals surface area contributed by atoms with Gasteiger partial charge in [-0.1, -0.05) is 51.5 Å². The van der Waals surface area contributed by atoms with Crippen LogP contribution in [0.5, 0.6) is 0 Å². The fourth-order valence-corrected chi connectivity index (χ4v) is 4.62. The van der Waals surface area contributed by atoms with E-state index >= 15 is 0 Å². The molecule has 22 heavy (non-hydrogen) atoms. The number of aliphatic hydroxyl groups excluding tert-OH is 1. The third-order valence-electron chi connectivity index (χ3n) is 6.40. The fraction of sp³-hybridized carbons (Fsp3) is 0.800. The van der Waals surface area contributed by atoms with Gasteiger partial charge >= 0.3 is 0 Å². The Bertz CT molecular complexity index is 433. The van der Waals surface area contributed by atoms with E-state index in [0.717, 1.165) is 38.5 Å². The van der Waals surface area contributed by atoms with Gasteiger partial charge in [-0.15, -0.1) is 0 Å². The van der Waals surface area contributed by atoms with Crippen molar-refractivity contribution >= 4 is 0 Å². The Morgan fingerprint density at radius 1 is 1.41 bits per heavy atom. The van der Waals surface area contributed by atoms with Gasteiger partial charge in [0.25, 0.3) is 0 Å². The van der Waals surface area contributed by atoms with Crippen LogP contribution in [0.25, 0.3) is 0 Å². The van der Waals surface area contributed by atoms with Gasteiger partial charge in [0.05, 0.1) is 11.7 Å². The number of aliphatic hydroxyl groups is 2. The first-order valence-electron chi connectivity index (χ1n) is 9.15. The molecule has 4 atom stereocenters. The van der Waals surface area contributed by atoms with E-state index in [0.29, 0.717) is 11.8 Å². The maximum atomic E-state index is 10.3. The highest BCUT2D eigenvalue weighted by Crippen LogP contribution is 2.55. The second-order valence-electron chi connectivity index (χ2n) is 7.73. The SMILES string of the molecule is CCC(O)(C=CC[C@H](C)C1=CCC2C(O)CCCC12C)CC. The molecular weight excluding hydrogens is 272 g/mol. The number of hydrogen-bond acceptors (Lipinski definition) is 2. The van der Waals surface area contributed by atoms with Crippen molar-refractivity contribution in [3.8, 4) is 0 Å². The van der Waals surface area contributed by atoms with Crippen molar-refractivity contribution in [2.24, 2.45) is 17.3 Å². The Hall–Kier alpha value is -0.600. The van der Waals surface area contributed by atoms with Gasteiger partial charge in [-0.05, 0) is 62.2 Å². The zero-order valence-electron chi connectivity index (χ0n) is 14.8. The molecule has 126 valence electrons. The summed E-state index contributed by atoms with van der Waals surface area (Å²) in [6.45, 7) is 8.72. The predicted molar refractivity (Wildman–Crippen MR) is 92.6 cm³/mol. The lowest BCUT2D eigenvalue weighted by Gasteiger charge is -2.43. The van der Waals surface area contributed by atoms with E-state index in [1.54, 1.807) is 0 Å². The van der Waals surface area contributed by atoms with Crippen molar-refractivity contribution in [3.05, 3.63) is 23.8 Å². The van der Waals surface area contributed by atoms with Crippen LogP contribution < -0.4 is 0 Å². The van der Waals surface area contributed by atoms with Crippen molar-refractivity contribution < 1.29 is 10.2 Å². The quantitative estimate of drug-likeness (QED) is 0.703. The average Bonchev–Trinajstić information content (AvgIpc) is 2.85. The molecule has 0 saturated heterocycles. The monoisotopic (exact) mass is 306 g/mol. The topological polar surface area (TPSA) is 40.5 Å². The first-order valence-corrected chi connectivity index (χ1v) is 9.15. The van der Waals surface area contributed by atoms with E-state index < -0.39 is 5.60 Å². The van der Waals surface area contributed by atoms with Gasteiger partial charge in [0.15, 0.2) is 0 Å². The van der Waals surface area contributed by atoms with Crippen LogP contribution in [0.1, 0.15) is 72.6 Å². The molecule has 0 radical (unpaired) electrons. The van der Waals surface area contributed by atoms with Crippen LogP contribution in [0, 0.1) is 17.3 Å². The fourth-order valence-electron chi connectivity index (χ4n) is 4.62. The van der Waals surface area contributed by atoms with E-state index in [1.165, 1.54) is 12.0 Å². The Morgan fingerprint density at radius 2 is 2.09 bits per heavy atom. The minimum absolute atomic E-state index is 0.125.